The monoisotopic (exact) mass is 259 g/mol. The van der Waals surface area contributed by atoms with Gasteiger partial charge in [0.25, 0.3) is 0 Å². The number of nitrogens with zero attached hydrogens (tertiary/aromatic N) is 1. The molecule has 4 heteroatoms. The van der Waals surface area contributed by atoms with E-state index in [1.54, 1.807) is 11.8 Å². The van der Waals surface area contributed by atoms with Gasteiger partial charge in [-0.05, 0) is 24.5 Å². The highest BCUT2D eigenvalue weighted by molar-refractivity contribution is 7.99. The van der Waals surface area contributed by atoms with Gasteiger partial charge >= 0.3 is 0 Å². The molecular weight excluding hydrogens is 234 g/mol. The molecule has 1 saturated heterocycles. The minimum absolute atomic E-state index is 0.213. The number of carbonyl (C=O) groups excluding carboxylic acids is 1. The Hall–Kier alpha value is -0.220. The molecule has 3 nitrogen and oxygen atoms in total. The maximum Gasteiger partial charge on any atom is 0.232 e. The summed E-state index contributed by atoms with van der Waals surface area (Å²) >= 11 is 1.65. The Labute approximate surface area is 109 Å². The van der Waals surface area contributed by atoms with Crippen molar-refractivity contribution in [2.45, 2.75) is 39.0 Å². The maximum atomic E-state index is 12.0. The van der Waals surface area contributed by atoms with Crippen molar-refractivity contribution in [3.63, 3.8) is 0 Å². The molecule has 0 saturated carbocycles. The number of hydrogen-bond acceptors (Lipinski definition) is 3. The fraction of sp³-hybridized carbons (Fsp3) is 0.923. The fourth-order valence-electron chi connectivity index (χ4n) is 1.99. The summed E-state index contributed by atoms with van der Waals surface area (Å²) < 4.78 is 0. The number of thioether (sulfide) groups is 1. The molecule has 0 spiro atoms. The van der Waals surface area contributed by atoms with E-state index < -0.39 is 0 Å². The number of hydrogen-bond donors (Lipinski definition) is 1. The van der Waals surface area contributed by atoms with Gasteiger partial charge in [0, 0.05) is 19.7 Å². The Bertz CT molecular complexity index is 215. The van der Waals surface area contributed by atoms with Crippen molar-refractivity contribution < 1.29 is 9.90 Å². The summed E-state index contributed by atoms with van der Waals surface area (Å²) in [6.45, 7) is 4.10. The van der Waals surface area contributed by atoms with Gasteiger partial charge in [0.1, 0.15) is 0 Å². The average molecular weight is 259 g/mol. The molecule has 0 aliphatic carbocycles. The van der Waals surface area contributed by atoms with Crippen LogP contribution in [0.15, 0.2) is 0 Å². The van der Waals surface area contributed by atoms with Crippen LogP contribution in [0.1, 0.15) is 39.0 Å². The number of rotatable bonds is 5. The van der Waals surface area contributed by atoms with E-state index in [9.17, 15) is 4.79 Å². The van der Waals surface area contributed by atoms with E-state index in [-0.39, 0.29) is 12.5 Å². The summed E-state index contributed by atoms with van der Waals surface area (Å²) in [7, 11) is 0. The molecule has 0 aromatic carbocycles. The Morgan fingerprint density at radius 3 is 2.41 bits per heavy atom. The zero-order valence-electron chi connectivity index (χ0n) is 10.9. The van der Waals surface area contributed by atoms with Gasteiger partial charge in [-0.25, -0.2) is 0 Å². The van der Waals surface area contributed by atoms with Crippen molar-refractivity contribution in [3.8, 4) is 0 Å². The quantitative estimate of drug-likeness (QED) is 0.822. The maximum absolute atomic E-state index is 12.0. The smallest absolute Gasteiger partial charge is 0.232 e. The first-order valence-electron chi connectivity index (χ1n) is 6.70. The third kappa shape index (κ3) is 6.32. The van der Waals surface area contributed by atoms with Crippen molar-refractivity contribution >= 4 is 17.7 Å². The van der Waals surface area contributed by atoms with E-state index in [2.05, 4.69) is 0 Å². The van der Waals surface area contributed by atoms with Gasteiger partial charge in [0.15, 0.2) is 0 Å². The largest absolute Gasteiger partial charge is 0.396 e. The van der Waals surface area contributed by atoms with Crippen LogP contribution in [0.5, 0.6) is 0 Å². The van der Waals surface area contributed by atoms with E-state index in [1.165, 1.54) is 19.3 Å². The van der Waals surface area contributed by atoms with E-state index in [4.69, 9.17) is 5.11 Å². The second-order valence-electron chi connectivity index (χ2n) is 4.95. The first-order chi connectivity index (χ1) is 8.24. The second kappa shape index (κ2) is 8.81. The SMILES string of the molecule is CC(CO)CSCC(=O)N1CCCCCCC1. The molecule has 0 aromatic heterocycles. The summed E-state index contributed by atoms with van der Waals surface area (Å²) in [6, 6.07) is 0. The first-order valence-corrected chi connectivity index (χ1v) is 7.86. The van der Waals surface area contributed by atoms with Gasteiger partial charge in [-0.15, -0.1) is 0 Å². The first kappa shape index (κ1) is 14.8. The normalized spacial score (nSPS) is 19.5. The molecule has 0 aromatic rings. The summed E-state index contributed by atoms with van der Waals surface area (Å²) in [4.78, 5) is 14.0. The topological polar surface area (TPSA) is 40.5 Å². The zero-order chi connectivity index (χ0) is 12.5. The molecule has 17 heavy (non-hydrogen) atoms. The zero-order valence-corrected chi connectivity index (χ0v) is 11.7. The molecule has 1 amide bonds. The lowest BCUT2D eigenvalue weighted by Crippen LogP contribution is -2.35. The second-order valence-corrected chi connectivity index (χ2v) is 5.98. The van der Waals surface area contributed by atoms with Crippen molar-refractivity contribution in [1.29, 1.82) is 0 Å². The van der Waals surface area contributed by atoms with Crippen LogP contribution in [0.4, 0.5) is 0 Å². The van der Waals surface area contributed by atoms with Crippen molar-refractivity contribution in [2.24, 2.45) is 5.92 Å². The Morgan fingerprint density at radius 2 is 1.82 bits per heavy atom. The lowest BCUT2D eigenvalue weighted by molar-refractivity contribution is -0.128. The van der Waals surface area contributed by atoms with Crippen LogP contribution in [0.25, 0.3) is 0 Å². The lowest BCUT2D eigenvalue weighted by Gasteiger charge is -2.24. The predicted molar refractivity (Wildman–Crippen MR) is 73.2 cm³/mol. The van der Waals surface area contributed by atoms with E-state index in [1.807, 2.05) is 11.8 Å². The molecular formula is C13H25NO2S. The van der Waals surface area contributed by atoms with Crippen molar-refractivity contribution in [2.75, 3.05) is 31.2 Å². The Kier molecular flexibility index (Phi) is 7.69. The van der Waals surface area contributed by atoms with E-state index in [0.29, 0.717) is 11.7 Å². The predicted octanol–water partition coefficient (Wildman–Crippen LogP) is 2.14. The van der Waals surface area contributed by atoms with Crippen LogP contribution < -0.4 is 0 Å². The van der Waals surface area contributed by atoms with Crippen molar-refractivity contribution in [3.05, 3.63) is 0 Å². The molecule has 1 fully saturated rings. The summed E-state index contributed by atoms with van der Waals surface area (Å²) in [5.41, 5.74) is 0. The molecule has 1 atom stereocenters. The van der Waals surface area contributed by atoms with E-state index >= 15 is 0 Å². The average Bonchev–Trinajstić information content (AvgIpc) is 2.28. The van der Waals surface area contributed by atoms with Crippen LogP contribution in [0, 0.1) is 5.92 Å². The van der Waals surface area contributed by atoms with Crippen LogP contribution in [-0.2, 0) is 4.79 Å². The lowest BCUT2D eigenvalue weighted by atomic mass is 10.1. The highest BCUT2D eigenvalue weighted by atomic mass is 32.2. The standard InChI is InChI=1S/C13H25NO2S/c1-12(9-15)10-17-11-13(16)14-7-5-3-2-4-6-8-14/h12,15H,2-11H2,1H3. The Morgan fingerprint density at radius 1 is 1.24 bits per heavy atom. The molecule has 0 radical (unpaired) electrons. The number of amides is 1. The number of carbonyl (C=O) groups is 1. The summed E-state index contributed by atoms with van der Waals surface area (Å²) in [6.07, 6.45) is 6.16. The van der Waals surface area contributed by atoms with Crippen LogP contribution in [-0.4, -0.2) is 47.1 Å². The Balaban J connectivity index is 2.20. The van der Waals surface area contributed by atoms with Gasteiger partial charge in [0.2, 0.25) is 5.91 Å². The minimum atomic E-state index is 0.213. The number of likely N-dealkylation sites (tertiary alicyclic amines) is 1. The molecule has 1 aliphatic heterocycles. The highest BCUT2D eigenvalue weighted by Gasteiger charge is 2.14. The molecule has 1 unspecified atom stereocenters. The fourth-order valence-corrected chi connectivity index (χ4v) is 2.97. The van der Waals surface area contributed by atoms with Crippen LogP contribution >= 0.6 is 11.8 Å². The molecule has 0 bridgehead atoms. The van der Waals surface area contributed by atoms with Gasteiger partial charge in [-0.2, -0.15) is 11.8 Å². The number of aliphatic hydroxyl groups is 1. The van der Waals surface area contributed by atoms with E-state index in [0.717, 1.165) is 31.7 Å². The third-order valence-electron chi connectivity index (χ3n) is 3.15. The van der Waals surface area contributed by atoms with Gasteiger partial charge in [0.05, 0.1) is 5.75 Å². The summed E-state index contributed by atoms with van der Waals surface area (Å²) in [5.74, 6) is 2.02. The molecule has 1 aliphatic rings. The van der Waals surface area contributed by atoms with Crippen LogP contribution in [0.2, 0.25) is 0 Å². The minimum Gasteiger partial charge on any atom is -0.396 e. The van der Waals surface area contributed by atoms with Crippen molar-refractivity contribution in [1.82, 2.24) is 4.90 Å². The van der Waals surface area contributed by atoms with Crippen LogP contribution in [0.3, 0.4) is 0 Å². The van der Waals surface area contributed by atoms with Gasteiger partial charge in [-0.3, -0.25) is 4.79 Å². The summed E-state index contributed by atoms with van der Waals surface area (Å²) in [5, 5.41) is 8.91. The third-order valence-corrected chi connectivity index (χ3v) is 4.40. The molecule has 1 heterocycles. The molecule has 100 valence electrons. The molecule has 1 rings (SSSR count). The van der Waals surface area contributed by atoms with Gasteiger partial charge < -0.3 is 10.0 Å². The highest BCUT2D eigenvalue weighted by Crippen LogP contribution is 2.13. The molecule has 1 N–H and O–H groups in total. The van der Waals surface area contributed by atoms with Gasteiger partial charge in [-0.1, -0.05) is 26.2 Å². The number of aliphatic hydroxyl groups excluding tert-OH is 1.